The van der Waals surface area contributed by atoms with Crippen LogP contribution >= 0.6 is 22.9 Å². The fourth-order valence-corrected chi connectivity index (χ4v) is 4.48. The first-order valence-corrected chi connectivity index (χ1v) is 8.57. The van der Waals surface area contributed by atoms with Crippen LogP contribution in [0, 0.1) is 0 Å². The van der Waals surface area contributed by atoms with Gasteiger partial charge in [-0.05, 0) is 27.7 Å². The summed E-state index contributed by atoms with van der Waals surface area (Å²) in [7, 11) is -3.92. The van der Waals surface area contributed by atoms with Gasteiger partial charge in [0.25, 0.3) is 10.0 Å². The molecule has 2 aromatic rings. The van der Waals surface area contributed by atoms with Crippen LogP contribution in [-0.4, -0.2) is 34.0 Å². The number of hydrogen-bond donors (Lipinski definition) is 2. The summed E-state index contributed by atoms with van der Waals surface area (Å²) in [6, 6.07) is 0. The van der Waals surface area contributed by atoms with Crippen molar-refractivity contribution < 1.29 is 13.5 Å². The van der Waals surface area contributed by atoms with Crippen LogP contribution in [0.15, 0.2) is 16.6 Å². The van der Waals surface area contributed by atoms with E-state index >= 15 is 0 Å². The van der Waals surface area contributed by atoms with Gasteiger partial charge in [-0.1, -0.05) is 11.6 Å². The molecule has 0 saturated heterocycles. The van der Waals surface area contributed by atoms with Gasteiger partial charge in [-0.15, -0.1) is 11.3 Å². The molecule has 0 atom stereocenters. The Labute approximate surface area is 126 Å². The third-order valence-electron chi connectivity index (χ3n) is 3.35. The van der Waals surface area contributed by atoms with E-state index < -0.39 is 21.2 Å². The maximum Gasteiger partial charge on any atom is 0.260 e. The molecule has 0 aliphatic rings. The summed E-state index contributed by atoms with van der Waals surface area (Å²) in [5.74, 6) is 0. The van der Waals surface area contributed by atoms with Crippen LogP contribution in [0.1, 0.15) is 27.7 Å². The number of imidazole rings is 1. The minimum Gasteiger partial charge on any atom is -0.389 e. The number of thiazole rings is 1. The quantitative estimate of drug-likeness (QED) is 0.892. The summed E-state index contributed by atoms with van der Waals surface area (Å²) >= 11 is 7.22. The van der Waals surface area contributed by atoms with Crippen LogP contribution in [0.5, 0.6) is 0 Å². The largest absolute Gasteiger partial charge is 0.389 e. The van der Waals surface area contributed by atoms with Crippen molar-refractivity contribution in [3.63, 3.8) is 0 Å². The first-order chi connectivity index (χ1) is 8.96. The van der Waals surface area contributed by atoms with Crippen molar-refractivity contribution >= 4 is 37.9 Å². The van der Waals surface area contributed by atoms with Gasteiger partial charge in [0.15, 0.2) is 15.1 Å². The van der Waals surface area contributed by atoms with E-state index in [1.807, 2.05) is 0 Å². The second-order valence-corrected chi connectivity index (χ2v) is 8.38. The fourth-order valence-electron chi connectivity index (χ4n) is 1.49. The predicted octanol–water partition coefficient (Wildman–Crippen LogP) is 1.88. The van der Waals surface area contributed by atoms with Crippen molar-refractivity contribution in [1.29, 1.82) is 0 Å². The molecule has 0 fully saturated rings. The second kappa shape index (κ2) is 4.67. The zero-order valence-corrected chi connectivity index (χ0v) is 13.9. The van der Waals surface area contributed by atoms with Gasteiger partial charge in [-0.3, -0.25) is 4.40 Å². The maximum atomic E-state index is 12.5. The lowest BCUT2D eigenvalue weighted by molar-refractivity contribution is 0.00635. The minimum atomic E-state index is -3.92. The molecule has 9 heteroatoms. The molecular weight excluding hydrogens is 322 g/mol. The van der Waals surface area contributed by atoms with Crippen LogP contribution in [0.2, 0.25) is 5.15 Å². The van der Waals surface area contributed by atoms with Gasteiger partial charge < -0.3 is 5.11 Å². The van der Waals surface area contributed by atoms with Gasteiger partial charge in [0.05, 0.1) is 11.1 Å². The molecule has 112 valence electrons. The summed E-state index contributed by atoms with van der Waals surface area (Å²) < 4.78 is 28.9. The number of nitrogens with zero attached hydrogens (tertiary/aromatic N) is 2. The highest BCUT2D eigenvalue weighted by molar-refractivity contribution is 7.89. The van der Waals surface area contributed by atoms with Gasteiger partial charge in [0, 0.05) is 11.6 Å². The van der Waals surface area contributed by atoms with Crippen molar-refractivity contribution in [3.05, 3.63) is 16.7 Å². The Morgan fingerprint density at radius 2 is 2.00 bits per heavy atom. The highest BCUT2D eigenvalue weighted by atomic mass is 35.5. The summed E-state index contributed by atoms with van der Waals surface area (Å²) in [6.07, 6.45) is 1.59. The Morgan fingerprint density at radius 1 is 1.40 bits per heavy atom. The first-order valence-electron chi connectivity index (χ1n) is 5.83. The smallest absolute Gasteiger partial charge is 0.260 e. The number of aromatic nitrogens is 2. The Balaban J connectivity index is 2.51. The second-order valence-electron chi connectivity index (χ2n) is 5.55. The lowest BCUT2D eigenvalue weighted by Crippen LogP contribution is -2.57. The molecule has 0 radical (unpaired) electrons. The minimum absolute atomic E-state index is 0.0871. The molecule has 20 heavy (non-hydrogen) atoms. The van der Waals surface area contributed by atoms with E-state index in [-0.39, 0.29) is 10.2 Å². The third kappa shape index (κ3) is 2.58. The van der Waals surface area contributed by atoms with Gasteiger partial charge in [-0.2, -0.15) is 0 Å². The number of aliphatic hydroxyl groups is 1. The van der Waals surface area contributed by atoms with Crippen LogP contribution in [0.3, 0.4) is 0 Å². The number of halogens is 1. The molecule has 2 N–H and O–H groups in total. The van der Waals surface area contributed by atoms with E-state index in [9.17, 15) is 13.5 Å². The predicted molar refractivity (Wildman–Crippen MR) is 78.8 cm³/mol. The summed E-state index contributed by atoms with van der Waals surface area (Å²) in [6.45, 7) is 6.27. The molecule has 0 amide bonds. The van der Waals surface area contributed by atoms with Crippen molar-refractivity contribution in [2.45, 2.75) is 43.9 Å². The van der Waals surface area contributed by atoms with E-state index in [4.69, 9.17) is 11.6 Å². The number of sulfonamides is 1. The Hall–Kier alpha value is -0.670. The molecule has 2 rings (SSSR count). The van der Waals surface area contributed by atoms with Gasteiger partial charge in [-0.25, -0.2) is 18.1 Å². The van der Waals surface area contributed by atoms with Crippen molar-refractivity contribution in [3.8, 4) is 0 Å². The molecular formula is C11H16ClN3O3S2. The molecule has 0 bridgehead atoms. The Morgan fingerprint density at radius 3 is 2.55 bits per heavy atom. The summed E-state index contributed by atoms with van der Waals surface area (Å²) in [4.78, 5) is 4.49. The van der Waals surface area contributed by atoms with Crippen LogP contribution in [0.4, 0.5) is 0 Å². The molecule has 2 aromatic heterocycles. The van der Waals surface area contributed by atoms with Gasteiger partial charge >= 0.3 is 0 Å². The number of nitrogens with one attached hydrogen (secondary N) is 1. The number of hydrogen-bond acceptors (Lipinski definition) is 5. The molecule has 0 aliphatic carbocycles. The highest BCUT2D eigenvalue weighted by Gasteiger charge is 2.40. The number of fused-ring (bicyclic) bond motifs is 1. The average molecular weight is 338 g/mol. The molecule has 0 unspecified atom stereocenters. The molecule has 0 spiro atoms. The van der Waals surface area contributed by atoms with Crippen LogP contribution < -0.4 is 4.72 Å². The molecule has 0 saturated carbocycles. The SMILES string of the molecule is CC(C)(O)C(C)(C)NS(=O)(=O)c1c(Cl)nc2sccn12. The standard InChI is InChI=1S/C11H16ClN3O3S2/c1-10(2,11(3,4)16)14-20(17,18)8-7(12)13-9-15(8)5-6-19-9/h5-6,14,16H,1-4H3. The highest BCUT2D eigenvalue weighted by Crippen LogP contribution is 2.28. The van der Waals surface area contributed by atoms with Crippen molar-refractivity contribution in [2.75, 3.05) is 0 Å². The van der Waals surface area contributed by atoms with Gasteiger partial charge in [0.2, 0.25) is 0 Å². The van der Waals surface area contributed by atoms with Gasteiger partial charge in [0.1, 0.15) is 0 Å². The zero-order valence-electron chi connectivity index (χ0n) is 11.5. The van der Waals surface area contributed by atoms with Crippen LogP contribution in [-0.2, 0) is 10.0 Å². The average Bonchev–Trinajstić information content (AvgIpc) is 2.71. The van der Waals surface area contributed by atoms with E-state index in [2.05, 4.69) is 9.71 Å². The first kappa shape index (κ1) is 15.7. The molecule has 0 aliphatic heterocycles. The number of rotatable bonds is 4. The van der Waals surface area contributed by atoms with E-state index in [0.29, 0.717) is 4.96 Å². The van der Waals surface area contributed by atoms with Crippen LogP contribution in [0.25, 0.3) is 4.96 Å². The van der Waals surface area contributed by atoms with E-state index in [1.54, 1.807) is 25.4 Å². The Kier molecular flexibility index (Phi) is 3.67. The molecule has 2 heterocycles. The fraction of sp³-hybridized carbons (Fsp3) is 0.545. The lowest BCUT2D eigenvalue weighted by atomic mass is 9.87. The zero-order chi connectivity index (χ0) is 15.3. The third-order valence-corrected chi connectivity index (χ3v) is 6.16. The summed E-state index contributed by atoms with van der Waals surface area (Å²) in [5.41, 5.74) is -2.32. The van der Waals surface area contributed by atoms with Crippen molar-refractivity contribution in [2.24, 2.45) is 0 Å². The Bertz CT molecular complexity index is 741. The van der Waals surface area contributed by atoms with E-state index in [1.165, 1.54) is 29.6 Å². The topological polar surface area (TPSA) is 83.7 Å². The lowest BCUT2D eigenvalue weighted by Gasteiger charge is -2.37. The monoisotopic (exact) mass is 337 g/mol. The summed E-state index contributed by atoms with van der Waals surface area (Å²) in [5, 5.41) is 11.6. The van der Waals surface area contributed by atoms with E-state index in [0.717, 1.165) is 0 Å². The normalized spacial score (nSPS) is 14.1. The maximum absolute atomic E-state index is 12.5. The molecule has 0 aromatic carbocycles. The van der Waals surface area contributed by atoms with Crippen molar-refractivity contribution in [1.82, 2.24) is 14.1 Å². The molecule has 6 nitrogen and oxygen atoms in total.